The smallest absolute Gasteiger partial charge is 0.352 e. The summed E-state index contributed by atoms with van der Waals surface area (Å²) in [6.07, 6.45) is -4.64. The molecule has 0 aliphatic rings. The lowest BCUT2D eigenvalue weighted by molar-refractivity contribution is -0.137. The van der Waals surface area contributed by atoms with Crippen molar-refractivity contribution in [3.8, 4) is 0 Å². The van der Waals surface area contributed by atoms with E-state index in [2.05, 4.69) is 5.32 Å². The standard InChI is InChI=1S/C16H12ClF4NO/c17-13-2-1-3-14(18)12(13)8-15(23)22-9-10-4-6-11(7-5-10)16(19,20)21/h1-7H,8-9H2,(H,22,23). The molecular formula is C16H12ClF4NO. The Kier molecular flexibility index (Phi) is 5.26. The lowest BCUT2D eigenvalue weighted by Gasteiger charge is -2.09. The molecule has 0 unspecified atom stereocenters. The van der Waals surface area contributed by atoms with Crippen molar-refractivity contribution >= 4 is 17.5 Å². The third-order valence-corrected chi connectivity index (χ3v) is 3.52. The Bertz CT molecular complexity index is 678. The summed E-state index contributed by atoms with van der Waals surface area (Å²) in [7, 11) is 0. The fourth-order valence-corrected chi connectivity index (χ4v) is 2.17. The normalized spacial score (nSPS) is 11.3. The van der Waals surface area contributed by atoms with Crippen molar-refractivity contribution in [1.82, 2.24) is 5.32 Å². The van der Waals surface area contributed by atoms with E-state index in [1.165, 1.54) is 30.3 Å². The molecule has 0 heterocycles. The zero-order chi connectivity index (χ0) is 17.0. The molecule has 1 N–H and O–H groups in total. The Morgan fingerprint density at radius 2 is 1.74 bits per heavy atom. The van der Waals surface area contributed by atoms with E-state index in [9.17, 15) is 22.4 Å². The van der Waals surface area contributed by atoms with Crippen LogP contribution in [0.5, 0.6) is 0 Å². The third-order valence-electron chi connectivity index (χ3n) is 3.17. The van der Waals surface area contributed by atoms with Gasteiger partial charge in [0.05, 0.1) is 12.0 Å². The minimum Gasteiger partial charge on any atom is -0.352 e. The van der Waals surface area contributed by atoms with Gasteiger partial charge in [0.15, 0.2) is 0 Å². The molecule has 0 aliphatic carbocycles. The first-order valence-electron chi connectivity index (χ1n) is 6.63. The summed E-state index contributed by atoms with van der Waals surface area (Å²) in [5.41, 5.74) is -0.171. The highest BCUT2D eigenvalue weighted by atomic mass is 35.5. The molecular weight excluding hydrogens is 334 g/mol. The monoisotopic (exact) mass is 345 g/mol. The number of benzene rings is 2. The predicted molar refractivity (Wildman–Crippen MR) is 78.4 cm³/mol. The predicted octanol–water partition coefficient (Wildman–Crippen LogP) is 4.36. The summed E-state index contributed by atoms with van der Waals surface area (Å²) in [5.74, 6) is -1.06. The summed E-state index contributed by atoms with van der Waals surface area (Å²) in [5, 5.41) is 2.66. The Morgan fingerprint density at radius 1 is 1.09 bits per heavy atom. The first-order chi connectivity index (χ1) is 10.8. The molecule has 0 bridgehead atoms. The third kappa shape index (κ3) is 4.69. The van der Waals surface area contributed by atoms with Crippen LogP contribution in [0.25, 0.3) is 0 Å². The fourth-order valence-electron chi connectivity index (χ4n) is 1.94. The van der Waals surface area contributed by atoms with Gasteiger partial charge in [-0.1, -0.05) is 29.8 Å². The summed E-state index contributed by atoms with van der Waals surface area (Å²) in [6, 6.07) is 8.54. The molecule has 0 radical (unpaired) electrons. The van der Waals surface area contributed by atoms with Crippen LogP contribution in [-0.4, -0.2) is 5.91 Å². The number of carbonyl (C=O) groups is 1. The quantitative estimate of drug-likeness (QED) is 0.820. The molecule has 0 saturated carbocycles. The molecule has 0 aliphatic heterocycles. The second-order valence-electron chi connectivity index (χ2n) is 4.85. The van der Waals surface area contributed by atoms with Crippen LogP contribution < -0.4 is 5.32 Å². The van der Waals surface area contributed by atoms with Crippen molar-refractivity contribution < 1.29 is 22.4 Å². The van der Waals surface area contributed by atoms with Crippen LogP contribution in [-0.2, 0) is 23.9 Å². The van der Waals surface area contributed by atoms with Crippen molar-refractivity contribution in [3.05, 3.63) is 70.0 Å². The summed E-state index contributed by atoms with van der Waals surface area (Å²) in [6.45, 7) is 0.0447. The van der Waals surface area contributed by atoms with E-state index in [0.29, 0.717) is 5.56 Å². The maximum Gasteiger partial charge on any atom is 0.416 e. The molecule has 23 heavy (non-hydrogen) atoms. The minimum atomic E-state index is -4.40. The molecule has 2 rings (SSSR count). The van der Waals surface area contributed by atoms with Crippen LogP contribution in [0.15, 0.2) is 42.5 Å². The molecule has 0 fully saturated rings. The molecule has 2 nitrogen and oxygen atoms in total. The van der Waals surface area contributed by atoms with E-state index in [4.69, 9.17) is 11.6 Å². The molecule has 7 heteroatoms. The van der Waals surface area contributed by atoms with Crippen molar-refractivity contribution in [2.24, 2.45) is 0 Å². The van der Waals surface area contributed by atoms with Crippen molar-refractivity contribution in [1.29, 1.82) is 0 Å². The average molecular weight is 346 g/mol. The van der Waals surface area contributed by atoms with Gasteiger partial charge in [-0.15, -0.1) is 0 Å². The first-order valence-corrected chi connectivity index (χ1v) is 7.01. The number of nitrogens with one attached hydrogen (secondary N) is 1. The molecule has 0 saturated heterocycles. The van der Waals surface area contributed by atoms with Crippen LogP contribution in [0, 0.1) is 5.82 Å². The summed E-state index contributed by atoms with van der Waals surface area (Å²) in [4.78, 5) is 11.8. The van der Waals surface area contributed by atoms with Gasteiger partial charge in [0, 0.05) is 17.1 Å². The van der Waals surface area contributed by atoms with Crippen LogP contribution in [0.1, 0.15) is 16.7 Å². The molecule has 0 aromatic heterocycles. The van der Waals surface area contributed by atoms with Crippen LogP contribution in [0.4, 0.5) is 17.6 Å². The van der Waals surface area contributed by atoms with E-state index in [1.807, 2.05) is 0 Å². The first kappa shape index (κ1) is 17.3. The van der Waals surface area contributed by atoms with Gasteiger partial charge in [-0.3, -0.25) is 4.79 Å². The van der Waals surface area contributed by atoms with Gasteiger partial charge in [-0.2, -0.15) is 13.2 Å². The lowest BCUT2D eigenvalue weighted by Crippen LogP contribution is -2.25. The van der Waals surface area contributed by atoms with Gasteiger partial charge in [-0.05, 0) is 29.8 Å². The number of alkyl halides is 3. The molecule has 2 aromatic rings. The van der Waals surface area contributed by atoms with E-state index in [0.717, 1.165) is 12.1 Å². The van der Waals surface area contributed by atoms with E-state index >= 15 is 0 Å². The van der Waals surface area contributed by atoms with E-state index < -0.39 is 23.5 Å². The number of halogens is 5. The topological polar surface area (TPSA) is 29.1 Å². The van der Waals surface area contributed by atoms with Gasteiger partial charge >= 0.3 is 6.18 Å². The Morgan fingerprint density at radius 3 is 2.30 bits per heavy atom. The highest BCUT2D eigenvalue weighted by Crippen LogP contribution is 2.29. The second-order valence-corrected chi connectivity index (χ2v) is 5.26. The lowest BCUT2D eigenvalue weighted by atomic mass is 10.1. The van der Waals surface area contributed by atoms with Crippen LogP contribution in [0.2, 0.25) is 5.02 Å². The average Bonchev–Trinajstić information content (AvgIpc) is 2.48. The maximum absolute atomic E-state index is 13.6. The number of carbonyl (C=O) groups excluding carboxylic acids is 1. The van der Waals surface area contributed by atoms with Crippen LogP contribution in [0.3, 0.4) is 0 Å². The number of hydrogen-bond donors (Lipinski definition) is 1. The Labute approximate surface area is 135 Å². The Hall–Kier alpha value is -2.08. The van der Waals surface area contributed by atoms with Gasteiger partial charge in [0.1, 0.15) is 5.82 Å². The zero-order valence-corrected chi connectivity index (χ0v) is 12.5. The van der Waals surface area contributed by atoms with Crippen LogP contribution >= 0.6 is 11.6 Å². The number of hydrogen-bond acceptors (Lipinski definition) is 1. The molecule has 0 spiro atoms. The summed E-state index contributed by atoms with van der Waals surface area (Å²) < 4.78 is 50.9. The second kappa shape index (κ2) is 7.00. The maximum atomic E-state index is 13.6. The summed E-state index contributed by atoms with van der Waals surface area (Å²) >= 11 is 5.82. The number of rotatable bonds is 4. The van der Waals surface area contributed by atoms with E-state index in [-0.39, 0.29) is 23.6 Å². The number of amides is 1. The van der Waals surface area contributed by atoms with Gasteiger partial charge in [0.25, 0.3) is 0 Å². The fraction of sp³-hybridized carbons (Fsp3) is 0.188. The highest BCUT2D eigenvalue weighted by molar-refractivity contribution is 6.31. The molecule has 1 amide bonds. The van der Waals surface area contributed by atoms with Crippen molar-refractivity contribution in [2.45, 2.75) is 19.1 Å². The minimum absolute atomic E-state index is 0.0447. The van der Waals surface area contributed by atoms with E-state index in [1.54, 1.807) is 0 Å². The van der Waals surface area contributed by atoms with Gasteiger partial charge in [0.2, 0.25) is 5.91 Å². The Balaban J connectivity index is 1.94. The van der Waals surface area contributed by atoms with Gasteiger partial charge in [-0.25, -0.2) is 4.39 Å². The largest absolute Gasteiger partial charge is 0.416 e. The van der Waals surface area contributed by atoms with Crippen molar-refractivity contribution in [3.63, 3.8) is 0 Å². The van der Waals surface area contributed by atoms with Gasteiger partial charge < -0.3 is 5.32 Å². The molecule has 2 aromatic carbocycles. The highest BCUT2D eigenvalue weighted by Gasteiger charge is 2.29. The molecule has 122 valence electrons. The molecule has 0 atom stereocenters. The SMILES string of the molecule is O=C(Cc1c(F)cccc1Cl)NCc1ccc(C(F)(F)F)cc1. The zero-order valence-electron chi connectivity index (χ0n) is 11.8. The van der Waals surface area contributed by atoms with Crippen molar-refractivity contribution in [2.75, 3.05) is 0 Å².